The van der Waals surface area contributed by atoms with Crippen molar-refractivity contribution in [1.82, 2.24) is 5.32 Å². The van der Waals surface area contributed by atoms with Gasteiger partial charge < -0.3 is 10.1 Å². The number of hydrogen-bond acceptors (Lipinski definition) is 5. The highest BCUT2D eigenvalue weighted by molar-refractivity contribution is 6.10. The molecule has 1 aliphatic heterocycles. The van der Waals surface area contributed by atoms with E-state index in [9.17, 15) is 27.6 Å². The van der Waals surface area contributed by atoms with E-state index in [0.717, 1.165) is 28.7 Å². The van der Waals surface area contributed by atoms with Crippen LogP contribution in [0, 0.1) is 11.3 Å². The second-order valence-electron chi connectivity index (χ2n) is 8.75. The minimum atomic E-state index is -4.65. The van der Waals surface area contributed by atoms with E-state index in [2.05, 4.69) is 5.32 Å². The summed E-state index contributed by atoms with van der Waals surface area (Å²) in [5.74, 6) is -1.47. The minimum absolute atomic E-state index is 0.00776. The molecule has 0 spiro atoms. The number of esters is 1. The van der Waals surface area contributed by atoms with Gasteiger partial charge in [0.05, 0.1) is 28.9 Å². The average molecular weight is 534 g/mol. The zero-order valence-electron chi connectivity index (χ0n) is 20.7. The molecule has 0 aliphatic carbocycles. The van der Waals surface area contributed by atoms with Gasteiger partial charge in [0.15, 0.2) is 5.78 Å². The standard InChI is InChI=1S/C29H22F3N3O4/c1-18-26(24(36)15-25(37)39-17-20-6-3-2-4-7-20)27(21-12-10-19(16-33)11-13-21)34-28(38)35(18)23-9-5-8-22(14-23)29(30,31)32/h2-14,27H,15,17H2,1H3,(H,34,38). The molecule has 3 aromatic rings. The topological polar surface area (TPSA) is 99.5 Å². The Kier molecular flexibility index (Phi) is 7.81. The Morgan fingerprint density at radius 3 is 2.36 bits per heavy atom. The van der Waals surface area contributed by atoms with Gasteiger partial charge in [-0.3, -0.25) is 14.5 Å². The second kappa shape index (κ2) is 11.2. The third-order valence-electron chi connectivity index (χ3n) is 6.14. The van der Waals surface area contributed by atoms with Crippen LogP contribution in [0.25, 0.3) is 0 Å². The molecule has 0 saturated carbocycles. The van der Waals surface area contributed by atoms with E-state index in [4.69, 9.17) is 10.00 Å². The van der Waals surface area contributed by atoms with Crippen LogP contribution in [0.5, 0.6) is 0 Å². The Hall–Kier alpha value is -4.91. The Morgan fingerprint density at radius 2 is 1.72 bits per heavy atom. The summed E-state index contributed by atoms with van der Waals surface area (Å²) in [4.78, 5) is 40.2. The highest BCUT2D eigenvalue weighted by atomic mass is 19.4. The van der Waals surface area contributed by atoms with Crippen molar-refractivity contribution in [2.45, 2.75) is 32.2 Å². The average Bonchev–Trinajstić information content (AvgIpc) is 2.92. The van der Waals surface area contributed by atoms with Gasteiger partial charge in [-0.05, 0) is 48.4 Å². The summed E-state index contributed by atoms with van der Waals surface area (Å²) in [6.07, 6.45) is -5.30. The van der Waals surface area contributed by atoms with E-state index in [-0.39, 0.29) is 23.6 Å². The van der Waals surface area contributed by atoms with Crippen molar-refractivity contribution in [2.24, 2.45) is 0 Å². The fraction of sp³-hybridized carbons (Fsp3) is 0.172. The maximum Gasteiger partial charge on any atom is 0.416 e. The van der Waals surface area contributed by atoms with Crippen molar-refractivity contribution in [2.75, 3.05) is 4.90 Å². The largest absolute Gasteiger partial charge is 0.460 e. The number of rotatable bonds is 7. The lowest BCUT2D eigenvalue weighted by Crippen LogP contribution is -2.48. The highest BCUT2D eigenvalue weighted by Gasteiger charge is 2.38. The first-order valence-electron chi connectivity index (χ1n) is 11.8. The number of urea groups is 1. The molecule has 0 saturated heterocycles. The molecule has 10 heteroatoms. The molecule has 0 bridgehead atoms. The number of ether oxygens (including phenoxy) is 1. The van der Waals surface area contributed by atoms with E-state index >= 15 is 0 Å². The number of Topliss-reactive ketones (excluding diaryl/α,β-unsaturated/α-hetero) is 1. The Bertz CT molecular complexity index is 1480. The van der Waals surface area contributed by atoms with Crippen LogP contribution in [0.2, 0.25) is 0 Å². The summed E-state index contributed by atoms with van der Waals surface area (Å²) >= 11 is 0. The van der Waals surface area contributed by atoms with Gasteiger partial charge in [0.2, 0.25) is 0 Å². The smallest absolute Gasteiger partial charge is 0.416 e. The monoisotopic (exact) mass is 533 g/mol. The maximum absolute atomic E-state index is 13.5. The third kappa shape index (κ3) is 6.15. The summed E-state index contributed by atoms with van der Waals surface area (Å²) in [5, 5.41) is 11.8. The molecule has 4 rings (SSSR count). The lowest BCUT2D eigenvalue weighted by molar-refractivity contribution is -0.146. The molecule has 7 nitrogen and oxygen atoms in total. The number of alkyl halides is 3. The van der Waals surface area contributed by atoms with Gasteiger partial charge in [-0.1, -0.05) is 48.5 Å². The van der Waals surface area contributed by atoms with Crippen LogP contribution in [0.3, 0.4) is 0 Å². The van der Waals surface area contributed by atoms with Crippen LogP contribution in [0.4, 0.5) is 23.7 Å². The normalized spacial score (nSPS) is 15.4. The molecule has 198 valence electrons. The molecule has 1 unspecified atom stereocenters. The van der Waals surface area contributed by atoms with Gasteiger partial charge in [0.1, 0.15) is 13.0 Å². The number of carbonyl (C=O) groups is 3. The number of nitriles is 1. The Balaban J connectivity index is 1.70. The first-order chi connectivity index (χ1) is 18.6. The number of carbonyl (C=O) groups excluding carboxylic acids is 3. The lowest BCUT2D eigenvalue weighted by atomic mass is 9.90. The van der Waals surface area contributed by atoms with E-state index in [1.54, 1.807) is 42.5 Å². The van der Waals surface area contributed by atoms with Crippen LogP contribution in [-0.2, 0) is 27.1 Å². The van der Waals surface area contributed by atoms with Crippen LogP contribution in [-0.4, -0.2) is 17.8 Å². The van der Waals surface area contributed by atoms with Gasteiger partial charge in [-0.2, -0.15) is 18.4 Å². The van der Waals surface area contributed by atoms with Crippen molar-refractivity contribution in [1.29, 1.82) is 5.26 Å². The molecule has 1 atom stereocenters. The van der Waals surface area contributed by atoms with Crippen LogP contribution in [0.1, 0.15) is 41.6 Å². The van der Waals surface area contributed by atoms with E-state index in [0.29, 0.717) is 11.1 Å². The number of amides is 2. The lowest BCUT2D eigenvalue weighted by Gasteiger charge is -2.36. The van der Waals surface area contributed by atoms with Crippen molar-refractivity contribution in [3.05, 3.63) is 112 Å². The molecule has 1 heterocycles. The Labute approximate surface area is 222 Å². The first kappa shape index (κ1) is 27.1. The number of hydrogen-bond donors (Lipinski definition) is 1. The molecule has 1 aliphatic rings. The molecule has 1 N–H and O–H groups in total. The third-order valence-corrected chi connectivity index (χ3v) is 6.14. The predicted octanol–water partition coefficient (Wildman–Crippen LogP) is 5.82. The molecular weight excluding hydrogens is 511 g/mol. The van der Waals surface area contributed by atoms with E-state index < -0.39 is 42.0 Å². The van der Waals surface area contributed by atoms with Crippen molar-refractivity contribution in [3.63, 3.8) is 0 Å². The SMILES string of the molecule is CC1=C(C(=O)CC(=O)OCc2ccccc2)C(c2ccc(C#N)cc2)NC(=O)N1c1cccc(C(F)(F)F)c1. The summed E-state index contributed by atoms with van der Waals surface area (Å²) in [7, 11) is 0. The highest BCUT2D eigenvalue weighted by Crippen LogP contribution is 2.37. The quantitative estimate of drug-likeness (QED) is 0.305. The molecular formula is C29H22F3N3O4. The fourth-order valence-electron chi connectivity index (χ4n) is 4.25. The van der Waals surface area contributed by atoms with Crippen molar-refractivity contribution >= 4 is 23.5 Å². The zero-order chi connectivity index (χ0) is 28.2. The summed E-state index contributed by atoms with van der Waals surface area (Å²) in [6, 6.07) is 19.4. The summed E-state index contributed by atoms with van der Waals surface area (Å²) in [5.41, 5.74) is 0.532. The number of anilines is 1. The van der Waals surface area contributed by atoms with Crippen molar-refractivity contribution in [3.8, 4) is 6.07 Å². The number of allylic oxidation sites excluding steroid dienone is 1. The van der Waals surface area contributed by atoms with Gasteiger partial charge in [0, 0.05) is 11.3 Å². The van der Waals surface area contributed by atoms with Gasteiger partial charge >= 0.3 is 18.2 Å². The fourth-order valence-corrected chi connectivity index (χ4v) is 4.25. The first-order valence-corrected chi connectivity index (χ1v) is 11.8. The van der Waals surface area contributed by atoms with Gasteiger partial charge in [0.25, 0.3) is 0 Å². The molecule has 0 aromatic heterocycles. The summed E-state index contributed by atoms with van der Waals surface area (Å²) in [6.45, 7) is 1.38. The van der Waals surface area contributed by atoms with E-state index in [1.807, 2.05) is 6.07 Å². The van der Waals surface area contributed by atoms with Crippen LogP contribution < -0.4 is 10.2 Å². The number of benzene rings is 3. The molecule has 39 heavy (non-hydrogen) atoms. The predicted molar refractivity (Wildman–Crippen MR) is 135 cm³/mol. The van der Waals surface area contributed by atoms with E-state index in [1.165, 1.54) is 25.1 Å². The molecule has 2 amide bonds. The minimum Gasteiger partial charge on any atom is -0.460 e. The molecule has 3 aromatic carbocycles. The Morgan fingerprint density at radius 1 is 1.03 bits per heavy atom. The number of halogens is 3. The molecule has 0 radical (unpaired) electrons. The second-order valence-corrected chi connectivity index (χ2v) is 8.75. The molecule has 0 fully saturated rings. The van der Waals surface area contributed by atoms with Crippen LogP contribution in [0.15, 0.2) is 90.1 Å². The van der Waals surface area contributed by atoms with Gasteiger partial charge in [-0.25, -0.2) is 4.79 Å². The number of nitrogens with zero attached hydrogens (tertiary/aromatic N) is 2. The maximum atomic E-state index is 13.5. The number of ketones is 1. The summed E-state index contributed by atoms with van der Waals surface area (Å²) < 4.78 is 45.3. The van der Waals surface area contributed by atoms with Crippen molar-refractivity contribution < 1.29 is 32.3 Å². The number of nitrogens with one attached hydrogen (secondary N) is 1. The zero-order valence-corrected chi connectivity index (χ0v) is 20.7. The van der Waals surface area contributed by atoms with Crippen LogP contribution >= 0.6 is 0 Å². The van der Waals surface area contributed by atoms with Gasteiger partial charge in [-0.15, -0.1) is 0 Å².